The lowest BCUT2D eigenvalue weighted by molar-refractivity contribution is 0.210. The Labute approximate surface area is 134 Å². The maximum Gasteiger partial charge on any atom is 0.120 e. The molecule has 0 radical (unpaired) electrons. The number of para-hydroxylation sites is 1. The standard InChI is InChI=1S/C20H27NO/c1-5-17-11-8-10-16(4)20(17)21-14-18(6-2)22-19-12-7-9-15(3)13-19/h7-13,18,21H,5-6,14H2,1-4H3. The van der Waals surface area contributed by atoms with Gasteiger partial charge < -0.3 is 10.1 Å². The molecular weight excluding hydrogens is 270 g/mol. The number of rotatable bonds is 7. The van der Waals surface area contributed by atoms with Crippen LogP contribution < -0.4 is 10.1 Å². The van der Waals surface area contributed by atoms with Gasteiger partial charge in [-0.15, -0.1) is 0 Å². The number of hydrogen-bond donors (Lipinski definition) is 1. The lowest BCUT2D eigenvalue weighted by atomic mass is 10.1. The van der Waals surface area contributed by atoms with Gasteiger partial charge in [-0.2, -0.15) is 0 Å². The van der Waals surface area contributed by atoms with Gasteiger partial charge in [0.25, 0.3) is 0 Å². The highest BCUT2D eigenvalue weighted by Gasteiger charge is 2.10. The molecule has 1 N–H and O–H groups in total. The average Bonchev–Trinajstić information content (AvgIpc) is 2.52. The summed E-state index contributed by atoms with van der Waals surface area (Å²) in [5.41, 5.74) is 5.15. The van der Waals surface area contributed by atoms with Crippen molar-refractivity contribution in [3.63, 3.8) is 0 Å². The minimum Gasteiger partial charge on any atom is -0.489 e. The predicted molar refractivity (Wildman–Crippen MR) is 94.9 cm³/mol. The fourth-order valence-corrected chi connectivity index (χ4v) is 2.64. The first kappa shape index (κ1) is 16.4. The quantitative estimate of drug-likeness (QED) is 0.764. The molecular formula is C20H27NO. The number of anilines is 1. The highest BCUT2D eigenvalue weighted by molar-refractivity contribution is 5.57. The Morgan fingerprint density at radius 2 is 1.82 bits per heavy atom. The van der Waals surface area contributed by atoms with Gasteiger partial charge >= 0.3 is 0 Å². The summed E-state index contributed by atoms with van der Waals surface area (Å²) in [6.45, 7) is 9.43. The van der Waals surface area contributed by atoms with Crippen LogP contribution in [0.5, 0.6) is 5.75 Å². The summed E-state index contributed by atoms with van der Waals surface area (Å²) < 4.78 is 6.12. The van der Waals surface area contributed by atoms with Crippen LogP contribution in [-0.4, -0.2) is 12.6 Å². The molecule has 1 unspecified atom stereocenters. The van der Waals surface area contributed by atoms with Crippen LogP contribution in [0, 0.1) is 13.8 Å². The topological polar surface area (TPSA) is 21.3 Å². The summed E-state index contributed by atoms with van der Waals surface area (Å²) in [4.78, 5) is 0. The molecule has 1 atom stereocenters. The van der Waals surface area contributed by atoms with E-state index in [0.717, 1.165) is 25.1 Å². The van der Waals surface area contributed by atoms with E-state index < -0.39 is 0 Å². The van der Waals surface area contributed by atoms with Gasteiger partial charge in [0.05, 0.1) is 6.54 Å². The van der Waals surface area contributed by atoms with Gasteiger partial charge in [0, 0.05) is 5.69 Å². The Morgan fingerprint density at radius 1 is 1.05 bits per heavy atom. The molecule has 118 valence electrons. The molecule has 0 aliphatic heterocycles. The molecule has 0 fully saturated rings. The summed E-state index contributed by atoms with van der Waals surface area (Å²) in [5.74, 6) is 0.953. The highest BCUT2D eigenvalue weighted by Crippen LogP contribution is 2.22. The summed E-state index contributed by atoms with van der Waals surface area (Å²) in [6.07, 6.45) is 2.19. The van der Waals surface area contributed by atoms with Crippen LogP contribution in [0.1, 0.15) is 37.0 Å². The minimum atomic E-state index is 0.172. The summed E-state index contributed by atoms with van der Waals surface area (Å²) in [6, 6.07) is 14.7. The molecule has 0 saturated heterocycles. The Hall–Kier alpha value is -1.96. The van der Waals surface area contributed by atoms with Crippen LogP contribution in [0.3, 0.4) is 0 Å². The first-order chi connectivity index (χ1) is 10.6. The third-order valence-electron chi connectivity index (χ3n) is 3.99. The van der Waals surface area contributed by atoms with Gasteiger partial charge in [-0.1, -0.05) is 44.2 Å². The van der Waals surface area contributed by atoms with E-state index in [0.29, 0.717) is 0 Å². The first-order valence-electron chi connectivity index (χ1n) is 8.19. The van der Waals surface area contributed by atoms with Crippen molar-refractivity contribution in [1.82, 2.24) is 0 Å². The third kappa shape index (κ3) is 4.27. The van der Waals surface area contributed by atoms with Gasteiger partial charge in [-0.25, -0.2) is 0 Å². The van der Waals surface area contributed by atoms with E-state index >= 15 is 0 Å². The van der Waals surface area contributed by atoms with Crippen LogP contribution in [0.15, 0.2) is 42.5 Å². The molecule has 22 heavy (non-hydrogen) atoms. The monoisotopic (exact) mass is 297 g/mol. The molecule has 0 amide bonds. The van der Waals surface area contributed by atoms with Crippen molar-refractivity contribution in [2.24, 2.45) is 0 Å². The highest BCUT2D eigenvalue weighted by atomic mass is 16.5. The van der Waals surface area contributed by atoms with Gasteiger partial charge in [0.1, 0.15) is 11.9 Å². The summed E-state index contributed by atoms with van der Waals surface area (Å²) in [7, 11) is 0. The number of ether oxygens (including phenoxy) is 1. The van der Waals surface area contributed by atoms with Crippen LogP contribution >= 0.6 is 0 Å². The van der Waals surface area contributed by atoms with E-state index in [1.165, 1.54) is 22.4 Å². The Morgan fingerprint density at radius 3 is 2.50 bits per heavy atom. The molecule has 0 bridgehead atoms. The van der Waals surface area contributed by atoms with E-state index in [2.05, 4.69) is 63.3 Å². The largest absolute Gasteiger partial charge is 0.489 e. The smallest absolute Gasteiger partial charge is 0.120 e. The molecule has 2 heteroatoms. The normalized spacial score (nSPS) is 12.0. The number of benzene rings is 2. The lowest BCUT2D eigenvalue weighted by Crippen LogP contribution is -2.26. The van der Waals surface area contributed by atoms with Crippen LogP contribution in [0.4, 0.5) is 5.69 Å². The molecule has 2 aromatic rings. The Bertz CT molecular complexity index is 606. The fraction of sp³-hybridized carbons (Fsp3) is 0.400. The van der Waals surface area contributed by atoms with Gasteiger partial charge in [0.2, 0.25) is 0 Å². The van der Waals surface area contributed by atoms with Crippen molar-refractivity contribution in [1.29, 1.82) is 0 Å². The van der Waals surface area contributed by atoms with Crippen LogP contribution in [0.2, 0.25) is 0 Å². The van der Waals surface area contributed by atoms with Crippen molar-refractivity contribution < 1.29 is 4.74 Å². The van der Waals surface area contributed by atoms with Crippen molar-refractivity contribution in [3.8, 4) is 5.75 Å². The molecule has 0 aliphatic carbocycles. The molecule has 0 saturated carbocycles. The maximum absolute atomic E-state index is 6.12. The zero-order valence-electron chi connectivity index (χ0n) is 14.1. The van der Waals surface area contributed by atoms with E-state index in [1.807, 2.05) is 12.1 Å². The van der Waals surface area contributed by atoms with Gasteiger partial charge in [-0.05, 0) is 55.5 Å². The number of hydrogen-bond acceptors (Lipinski definition) is 2. The second-order valence-corrected chi connectivity index (χ2v) is 5.81. The molecule has 0 heterocycles. The van der Waals surface area contributed by atoms with Crippen molar-refractivity contribution in [2.45, 2.75) is 46.6 Å². The minimum absolute atomic E-state index is 0.172. The van der Waals surface area contributed by atoms with Crippen molar-refractivity contribution in [2.75, 3.05) is 11.9 Å². The van der Waals surface area contributed by atoms with Crippen molar-refractivity contribution in [3.05, 3.63) is 59.2 Å². The number of nitrogens with one attached hydrogen (secondary N) is 1. The zero-order chi connectivity index (χ0) is 15.9. The van der Waals surface area contributed by atoms with Crippen LogP contribution in [0.25, 0.3) is 0 Å². The molecule has 0 spiro atoms. The van der Waals surface area contributed by atoms with Gasteiger partial charge in [0.15, 0.2) is 0 Å². The average molecular weight is 297 g/mol. The van der Waals surface area contributed by atoms with Crippen LogP contribution in [-0.2, 0) is 6.42 Å². The SMILES string of the molecule is CCc1cccc(C)c1NCC(CC)Oc1cccc(C)c1. The fourth-order valence-electron chi connectivity index (χ4n) is 2.64. The maximum atomic E-state index is 6.12. The lowest BCUT2D eigenvalue weighted by Gasteiger charge is -2.21. The predicted octanol–water partition coefficient (Wildman–Crippen LogP) is 5.14. The zero-order valence-corrected chi connectivity index (χ0v) is 14.1. The van der Waals surface area contributed by atoms with E-state index in [1.54, 1.807) is 0 Å². The molecule has 2 aromatic carbocycles. The van der Waals surface area contributed by atoms with E-state index in [9.17, 15) is 0 Å². The molecule has 0 aliphatic rings. The Kier molecular flexibility index (Phi) is 5.88. The first-order valence-corrected chi connectivity index (χ1v) is 8.19. The number of aryl methyl sites for hydroxylation is 3. The summed E-state index contributed by atoms with van der Waals surface area (Å²) >= 11 is 0. The van der Waals surface area contributed by atoms with Gasteiger partial charge in [-0.3, -0.25) is 0 Å². The van der Waals surface area contributed by atoms with E-state index in [-0.39, 0.29) is 6.10 Å². The molecule has 0 aromatic heterocycles. The Balaban J connectivity index is 2.02. The van der Waals surface area contributed by atoms with Crippen molar-refractivity contribution >= 4 is 5.69 Å². The summed E-state index contributed by atoms with van der Waals surface area (Å²) in [5, 5.41) is 3.59. The van der Waals surface area contributed by atoms with E-state index in [4.69, 9.17) is 4.74 Å². The third-order valence-corrected chi connectivity index (χ3v) is 3.99. The second-order valence-electron chi connectivity index (χ2n) is 5.81. The second kappa shape index (κ2) is 7.88. The molecule has 2 rings (SSSR count). The molecule has 2 nitrogen and oxygen atoms in total.